The minimum Gasteiger partial charge on any atom is -0.494 e. The van der Waals surface area contributed by atoms with Gasteiger partial charge in [-0.15, -0.1) is 0 Å². The Labute approximate surface area is 185 Å². The van der Waals surface area contributed by atoms with Crippen LogP contribution < -0.4 is 9.64 Å². The molecular formula is C25H33N3O3. The van der Waals surface area contributed by atoms with Gasteiger partial charge < -0.3 is 19.3 Å². The second-order valence-corrected chi connectivity index (χ2v) is 8.27. The number of benzene rings is 2. The third kappa shape index (κ3) is 5.38. The molecule has 166 valence electrons. The smallest absolute Gasteiger partial charge is 0.253 e. The molecule has 1 amide bonds. The van der Waals surface area contributed by atoms with E-state index in [1.807, 2.05) is 49.2 Å². The molecule has 4 rings (SSSR count). The lowest BCUT2D eigenvalue weighted by molar-refractivity contribution is 0.0775. The largest absolute Gasteiger partial charge is 0.494 e. The Kier molecular flexibility index (Phi) is 7.10. The van der Waals surface area contributed by atoms with Crippen molar-refractivity contribution in [1.82, 2.24) is 9.80 Å². The Morgan fingerprint density at radius 1 is 1.06 bits per heavy atom. The van der Waals surface area contributed by atoms with Gasteiger partial charge in [0.15, 0.2) is 0 Å². The van der Waals surface area contributed by atoms with Crippen molar-refractivity contribution in [3.8, 4) is 5.75 Å². The second kappa shape index (κ2) is 10.2. The van der Waals surface area contributed by atoms with Gasteiger partial charge in [-0.1, -0.05) is 6.07 Å². The number of fused-ring (bicyclic) bond motifs is 1. The van der Waals surface area contributed by atoms with E-state index in [9.17, 15) is 4.79 Å². The summed E-state index contributed by atoms with van der Waals surface area (Å²) >= 11 is 0. The zero-order valence-corrected chi connectivity index (χ0v) is 18.7. The molecule has 6 heteroatoms. The number of likely N-dealkylation sites (N-methyl/N-ethyl adjacent to an activating group) is 1. The van der Waals surface area contributed by atoms with Crippen LogP contribution in [0.1, 0.15) is 28.4 Å². The van der Waals surface area contributed by atoms with Gasteiger partial charge in [-0.2, -0.15) is 0 Å². The predicted molar refractivity (Wildman–Crippen MR) is 123 cm³/mol. The fourth-order valence-corrected chi connectivity index (χ4v) is 4.26. The number of carbonyl (C=O) groups excluding carboxylic acids is 1. The average molecular weight is 424 g/mol. The SMILES string of the molecule is CCOc1ccc(N2CCN(CCN(C)C(=O)c3ccc4c(c3)CCOC4)CC2)cc1. The van der Waals surface area contributed by atoms with Crippen LogP contribution in [0.5, 0.6) is 5.75 Å². The zero-order chi connectivity index (χ0) is 21.6. The van der Waals surface area contributed by atoms with Crippen molar-refractivity contribution in [3.63, 3.8) is 0 Å². The normalized spacial score (nSPS) is 16.6. The zero-order valence-electron chi connectivity index (χ0n) is 18.7. The summed E-state index contributed by atoms with van der Waals surface area (Å²) in [6.45, 7) is 9.74. The molecule has 2 aliphatic rings. The molecule has 2 aromatic carbocycles. The number of rotatable bonds is 7. The fourth-order valence-electron chi connectivity index (χ4n) is 4.26. The van der Waals surface area contributed by atoms with Crippen molar-refractivity contribution >= 4 is 11.6 Å². The van der Waals surface area contributed by atoms with Crippen LogP contribution in [0.4, 0.5) is 5.69 Å². The number of nitrogens with zero attached hydrogens (tertiary/aromatic N) is 3. The highest BCUT2D eigenvalue weighted by Gasteiger charge is 2.20. The summed E-state index contributed by atoms with van der Waals surface area (Å²) in [5.74, 6) is 1.02. The summed E-state index contributed by atoms with van der Waals surface area (Å²) in [5, 5.41) is 0. The fraction of sp³-hybridized carbons (Fsp3) is 0.480. The summed E-state index contributed by atoms with van der Waals surface area (Å²) in [4.78, 5) is 19.6. The first-order valence-electron chi connectivity index (χ1n) is 11.3. The van der Waals surface area contributed by atoms with E-state index in [-0.39, 0.29) is 5.91 Å². The van der Waals surface area contributed by atoms with Gasteiger partial charge in [0.2, 0.25) is 0 Å². The molecule has 0 aliphatic carbocycles. The van der Waals surface area contributed by atoms with Crippen molar-refractivity contribution in [1.29, 1.82) is 0 Å². The Hall–Kier alpha value is -2.57. The van der Waals surface area contributed by atoms with E-state index in [1.54, 1.807) is 0 Å². The molecule has 2 heterocycles. The number of amides is 1. The van der Waals surface area contributed by atoms with Crippen molar-refractivity contribution in [2.45, 2.75) is 20.0 Å². The Morgan fingerprint density at radius 3 is 2.58 bits per heavy atom. The van der Waals surface area contributed by atoms with Crippen LogP contribution in [0, 0.1) is 0 Å². The third-order valence-corrected chi connectivity index (χ3v) is 6.21. The molecule has 31 heavy (non-hydrogen) atoms. The Balaban J connectivity index is 1.24. The Bertz CT molecular complexity index is 876. The molecule has 0 aromatic heterocycles. The summed E-state index contributed by atoms with van der Waals surface area (Å²) in [6, 6.07) is 14.4. The first kappa shape index (κ1) is 21.7. The van der Waals surface area contributed by atoms with Gasteiger partial charge >= 0.3 is 0 Å². The number of hydrogen-bond donors (Lipinski definition) is 0. The molecule has 6 nitrogen and oxygen atoms in total. The first-order chi connectivity index (χ1) is 15.1. The van der Waals surface area contributed by atoms with Crippen LogP contribution in [-0.2, 0) is 17.8 Å². The van der Waals surface area contributed by atoms with Crippen LogP contribution in [0.2, 0.25) is 0 Å². The highest BCUT2D eigenvalue weighted by Crippen LogP contribution is 2.21. The molecule has 1 fully saturated rings. The van der Waals surface area contributed by atoms with Crippen molar-refractivity contribution < 1.29 is 14.3 Å². The van der Waals surface area contributed by atoms with E-state index in [0.717, 1.165) is 63.6 Å². The molecule has 0 spiro atoms. The quantitative estimate of drug-likeness (QED) is 0.685. The monoisotopic (exact) mass is 423 g/mol. The summed E-state index contributed by atoms with van der Waals surface area (Å²) < 4.78 is 11.0. The molecule has 0 saturated carbocycles. The van der Waals surface area contributed by atoms with E-state index in [2.05, 4.69) is 21.9 Å². The maximum atomic E-state index is 12.9. The van der Waals surface area contributed by atoms with E-state index in [4.69, 9.17) is 9.47 Å². The molecule has 0 radical (unpaired) electrons. The van der Waals surface area contributed by atoms with Crippen molar-refractivity contribution in [2.75, 3.05) is 64.4 Å². The maximum absolute atomic E-state index is 12.9. The third-order valence-electron chi connectivity index (χ3n) is 6.21. The maximum Gasteiger partial charge on any atom is 0.253 e. The molecule has 2 aliphatic heterocycles. The standard InChI is InChI=1S/C25H33N3O3/c1-3-31-24-8-6-23(7-9-24)28-15-13-27(14-16-28)12-11-26(2)25(29)21-4-5-22-19-30-17-10-20(22)18-21/h4-9,18H,3,10-17,19H2,1-2H3. The molecule has 0 atom stereocenters. The van der Waals surface area contributed by atoms with Gasteiger partial charge in [-0.3, -0.25) is 9.69 Å². The van der Waals surface area contributed by atoms with Gasteiger partial charge in [0.05, 0.1) is 19.8 Å². The minimum atomic E-state index is 0.0994. The van der Waals surface area contributed by atoms with Crippen LogP contribution in [0.25, 0.3) is 0 Å². The molecular weight excluding hydrogens is 390 g/mol. The molecule has 0 N–H and O–H groups in total. The average Bonchev–Trinajstić information content (AvgIpc) is 2.83. The minimum absolute atomic E-state index is 0.0994. The highest BCUT2D eigenvalue weighted by molar-refractivity contribution is 5.94. The number of hydrogen-bond acceptors (Lipinski definition) is 5. The second-order valence-electron chi connectivity index (χ2n) is 8.27. The van der Waals surface area contributed by atoms with Gasteiger partial charge in [0.25, 0.3) is 5.91 Å². The van der Waals surface area contributed by atoms with Gasteiger partial charge in [-0.25, -0.2) is 0 Å². The molecule has 1 saturated heterocycles. The molecule has 2 aromatic rings. The Morgan fingerprint density at radius 2 is 1.84 bits per heavy atom. The molecule has 0 bridgehead atoms. The van der Waals surface area contributed by atoms with Crippen molar-refractivity contribution in [2.24, 2.45) is 0 Å². The van der Waals surface area contributed by atoms with E-state index < -0.39 is 0 Å². The summed E-state index contributed by atoms with van der Waals surface area (Å²) in [7, 11) is 1.90. The van der Waals surface area contributed by atoms with Crippen LogP contribution in [0.3, 0.4) is 0 Å². The number of anilines is 1. The lowest BCUT2D eigenvalue weighted by Gasteiger charge is -2.36. The van der Waals surface area contributed by atoms with Gasteiger partial charge in [-0.05, 0) is 60.9 Å². The van der Waals surface area contributed by atoms with E-state index in [1.165, 1.54) is 16.8 Å². The highest BCUT2D eigenvalue weighted by atomic mass is 16.5. The number of ether oxygens (including phenoxy) is 2. The first-order valence-corrected chi connectivity index (χ1v) is 11.3. The predicted octanol–water partition coefficient (Wildman–Crippen LogP) is 3.05. The van der Waals surface area contributed by atoms with Gasteiger partial charge in [0, 0.05) is 57.6 Å². The van der Waals surface area contributed by atoms with Crippen LogP contribution >= 0.6 is 0 Å². The lowest BCUT2D eigenvalue weighted by Crippen LogP contribution is -2.48. The van der Waals surface area contributed by atoms with Crippen molar-refractivity contribution in [3.05, 3.63) is 59.2 Å². The van der Waals surface area contributed by atoms with Gasteiger partial charge in [0.1, 0.15) is 5.75 Å². The lowest BCUT2D eigenvalue weighted by atomic mass is 10.00. The molecule has 0 unspecified atom stereocenters. The summed E-state index contributed by atoms with van der Waals surface area (Å²) in [5.41, 5.74) is 4.48. The topological polar surface area (TPSA) is 45.2 Å². The van der Waals surface area contributed by atoms with E-state index in [0.29, 0.717) is 13.2 Å². The number of carbonyl (C=O) groups is 1. The van der Waals surface area contributed by atoms with Crippen LogP contribution in [-0.4, -0.2) is 75.2 Å². The summed E-state index contributed by atoms with van der Waals surface area (Å²) in [6.07, 6.45) is 0.888. The van der Waals surface area contributed by atoms with E-state index >= 15 is 0 Å². The number of piperazine rings is 1. The van der Waals surface area contributed by atoms with Crippen LogP contribution in [0.15, 0.2) is 42.5 Å².